The number of halogens is 1. The molecule has 2 aromatic rings. The van der Waals surface area contributed by atoms with Crippen LogP contribution in [-0.2, 0) is 21.2 Å². The Morgan fingerprint density at radius 2 is 1.79 bits per heavy atom. The quantitative estimate of drug-likeness (QED) is 0.667. The average molecular weight is 423 g/mol. The SMILES string of the molecule is Cc1ccc(N(CCCC(=O)NCCc2ccc(Cl)cc2)S(C)(=O)=O)c(C)c1. The zero-order chi connectivity index (χ0) is 20.7. The maximum absolute atomic E-state index is 12.2. The summed E-state index contributed by atoms with van der Waals surface area (Å²) in [5.74, 6) is -0.0805. The number of nitrogens with zero attached hydrogens (tertiary/aromatic N) is 1. The Kier molecular flexibility index (Phi) is 7.89. The van der Waals surface area contributed by atoms with Crippen molar-refractivity contribution in [2.45, 2.75) is 33.1 Å². The molecule has 1 N–H and O–H groups in total. The Morgan fingerprint density at radius 3 is 2.39 bits per heavy atom. The molecule has 2 aromatic carbocycles. The fraction of sp³-hybridized carbons (Fsp3) is 0.381. The van der Waals surface area contributed by atoms with Gasteiger partial charge in [0.25, 0.3) is 0 Å². The summed E-state index contributed by atoms with van der Waals surface area (Å²) in [7, 11) is -3.42. The zero-order valence-corrected chi connectivity index (χ0v) is 18.1. The van der Waals surface area contributed by atoms with Gasteiger partial charge in [0.15, 0.2) is 0 Å². The fourth-order valence-electron chi connectivity index (χ4n) is 3.02. The third-order valence-electron chi connectivity index (χ3n) is 4.44. The van der Waals surface area contributed by atoms with E-state index in [4.69, 9.17) is 11.6 Å². The second-order valence-corrected chi connectivity index (χ2v) is 9.30. The van der Waals surface area contributed by atoms with Crippen molar-refractivity contribution < 1.29 is 13.2 Å². The monoisotopic (exact) mass is 422 g/mol. The van der Waals surface area contributed by atoms with Crippen LogP contribution >= 0.6 is 11.6 Å². The van der Waals surface area contributed by atoms with Crippen molar-refractivity contribution in [1.29, 1.82) is 0 Å². The fourth-order valence-corrected chi connectivity index (χ4v) is 4.17. The molecule has 0 fully saturated rings. The first kappa shape index (κ1) is 22.2. The number of benzene rings is 2. The molecule has 0 radical (unpaired) electrons. The minimum Gasteiger partial charge on any atom is -0.356 e. The lowest BCUT2D eigenvalue weighted by Gasteiger charge is -2.24. The highest BCUT2D eigenvalue weighted by Gasteiger charge is 2.19. The molecule has 0 bridgehead atoms. The van der Waals surface area contributed by atoms with Gasteiger partial charge < -0.3 is 5.32 Å². The molecular formula is C21H27ClN2O3S. The topological polar surface area (TPSA) is 66.5 Å². The maximum atomic E-state index is 12.2. The third-order valence-corrected chi connectivity index (χ3v) is 5.87. The molecule has 0 aliphatic carbocycles. The van der Waals surface area contributed by atoms with Crippen LogP contribution in [-0.4, -0.2) is 33.7 Å². The number of sulfonamides is 1. The molecule has 0 unspecified atom stereocenters. The molecule has 0 heterocycles. The van der Waals surface area contributed by atoms with Crippen LogP contribution in [0.5, 0.6) is 0 Å². The molecule has 0 spiro atoms. The number of rotatable bonds is 9. The number of hydrogen-bond acceptors (Lipinski definition) is 3. The molecule has 5 nitrogen and oxygen atoms in total. The van der Waals surface area contributed by atoms with E-state index in [0.717, 1.165) is 23.1 Å². The van der Waals surface area contributed by atoms with Crippen LogP contribution in [0.25, 0.3) is 0 Å². The van der Waals surface area contributed by atoms with E-state index in [1.165, 1.54) is 10.6 Å². The van der Waals surface area contributed by atoms with Crippen LogP contribution in [0, 0.1) is 13.8 Å². The molecule has 0 aromatic heterocycles. The van der Waals surface area contributed by atoms with Crippen LogP contribution in [0.15, 0.2) is 42.5 Å². The van der Waals surface area contributed by atoms with Crippen LogP contribution in [0.4, 0.5) is 5.69 Å². The van der Waals surface area contributed by atoms with Crippen LogP contribution in [0.1, 0.15) is 29.5 Å². The van der Waals surface area contributed by atoms with E-state index in [-0.39, 0.29) is 18.9 Å². The number of carbonyl (C=O) groups excluding carboxylic acids is 1. The first-order valence-corrected chi connectivity index (χ1v) is 11.5. The molecule has 0 atom stereocenters. The second-order valence-electron chi connectivity index (χ2n) is 6.96. The zero-order valence-electron chi connectivity index (χ0n) is 16.5. The second kappa shape index (κ2) is 9.94. The molecule has 7 heteroatoms. The standard InChI is InChI=1S/C21H27ClN2O3S/c1-16-6-11-20(17(2)15-16)24(28(3,26)27)14-4-5-21(25)23-13-12-18-7-9-19(22)10-8-18/h6-11,15H,4-5,12-14H2,1-3H3,(H,23,25). The van der Waals surface area contributed by atoms with E-state index < -0.39 is 10.0 Å². The number of anilines is 1. The lowest BCUT2D eigenvalue weighted by Crippen LogP contribution is -2.33. The first-order chi connectivity index (χ1) is 13.2. The van der Waals surface area contributed by atoms with Gasteiger partial charge in [-0.2, -0.15) is 0 Å². The van der Waals surface area contributed by atoms with Gasteiger partial charge in [-0.15, -0.1) is 0 Å². The maximum Gasteiger partial charge on any atom is 0.232 e. The Labute approximate surface area is 172 Å². The molecule has 0 saturated heterocycles. The summed E-state index contributed by atoms with van der Waals surface area (Å²) < 4.78 is 25.8. The Hall–Kier alpha value is -2.05. The van der Waals surface area contributed by atoms with Crippen molar-refractivity contribution in [3.8, 4) is 0 Å². The molecule has 152 valence electrons. The molecule has 28 heavy (non-hydrogen) atoms. The number of hydrogen-bond donors (Lipinski definition) is 1. The minimum absolute atomic E-state index is 0.0805. The van der Waals surface area contributed by atoms with Gasteiger partial charge in [0.1, 0.15) is 0 Å². The first-order valence-electron chi connectivity index (χ1n) is 9.23. The Bertz CT molecular complexity index is 912. The number of aryl methyl sites for hydroxylation is 2. The van der Waals surface area contributed by atoms with E-state index in [0.29, 0.717) is 23.7 Å². The van der Waals surface area contributed by atoms with Crippen LogP contribution in [0.2, 0.25) is 5.02 Å². The van der Waals surface area contributed by atoms with Crippen molar-refractivity contribution in [1.82, 2.24) is 5.32 Å². The van der Waals surface area contributed by atoms with Gasteiger partial charge in [0, 0.05) is 24.5 Å². The van der Waals surface area contributed by atoms with Crippen molar-refractivity contribution in [2.24, 2.45) is 0 Å². The molecule has 2 rings (SSSR count). The van der Waals surface area contributed by atoms with Crippen molar-refractivity contribution in [3.05, 3.63) is 64.2 Å². The van der Waals surface area contributed by atoms with Gasteiger partial charge in [-0.05, 0) is 56.0 Å². The van der Waals surface area contributed by atoms with Crippen LogP contribution < -0.4 is 9.62 Å². The van der Waals surface area contributed by atoms with Crippen molar-refractivity contribution in [2.75, 3.05) is 23.7 Å². The van der Waals surface area contributed by atoms with Gasteiger partial charge in [0.2, 0.25) is 15.9 Å². The number of carbonyl (C=O) groups is 1. The van der Waals surface area contributed by atoms with E-state index in [1.54, 1.807) is 0 Å². The van der Waals surface area contributed by atoms with Gasteiger partial charge in [-0.1, -0.05) is 41.4 Å². The normalized spacial score (nSPS) is 11.3. The van der Waals surface area contributed by atoms with Gasteiger partial charge in [-0.3, -0.25) is 9.10 Å². The average Bonchev–Trinajstić information content (AvgIpc) is 2.60. The van der Waals surface area contributed by atoms with Gasteiger partial charge in [0.05, 0.1) is 11.9 Å². The Morgan fingerprint density at radius 1 is 1.11 bits per heavy atom. The van der Waals surface area contributed by atoms with Crippen molar-refractivity contribution in [3.63, 3.8) is 0 Å². The lowest BCUT2D eigenvalue weighted by molar-refractivity contribution is -0.121. The summed E-state index contributed by atoms with van der Waals surface area (Å²) in [6, 6.07) is 13.2. The molecule has 0 saturated carbocycles. The lowest BCUT2D eigenvalue weighted by atomic mass is 10.1. The summed E-state index contributed by atoms with van der Waals surface area (Å²) in [4.78, 5) is 12.1. The van der Waals surface area contributed by atoms with Crippen LogP contribution in [0.3, 0.4) is 0 Å². The largest absolute Gasteiger partial charge is 0.356 e. The summed E-state index contributed by atoms with van der Waals surface area (Å²) in [5.41, 5.74) is 3.74. The number of amides is 1. The smallest absolute Gasteiger partial charge is 0.232 e. The van der Waals surface area contributed by atoms with E-state index in [2.05, 4.69) is 5.32 Å². The molecular weight excluding hydrogens is 396 g/mol. The van der Waals surface area contributed by atoms with Crippen molar-refractivity contribution >= 4 is 33.2 Å². The Balaban J connectivity index is 1.84. The highest BCUT2D eigenvalue weighted by molar-refractivity contribution is 7.92. The molecule has 0 aliphatic heterocycles. The third kappa shape index (κ3) is 6.84. The van der Waals surface area contributed by atoms with Gasteiger partial charge >= 0.3 is 0 Å². The summed E-state index contributed by atoms with van der Waals surface area (Å²) in [6.07, 6.45) is 2.64. The predicted molar refractivity (Wildman–Crippen MR) is 116 cm³/mol. The van der Waals surface area contributed by atoms with E-state index >= 15 is 0 Å². The molecule has 0 aliphatic rings. The summed E-state index contributed by atoms with van der Waals surface area (Å²) in [6.45, 7) is 4.67. The number of nitrogens with one attached hydrogen (secondary N) is 1. The van der Waals surface area contributed by atoms with E-state index in [9.17, 15) is 13.2 Å². The highest BCUT2D eigenvalue weighted by atomic mass is 35.5. The minimum atomic E-state index is -3.42. The summed E-state index contributed by atoms with van der Waals surface area (Å²) in [5, 5.41) is 3.56. The predicted octanol–water partition coefficient (Wildman–Crippen LogP) is 3.86. The van der Waals surface area contributed by atoms with E-state index in [1.807, 2.05) is 56.3 Å². The van der Waals surface area contributed by atoms with Gasteiger partial charge in [-0.25, -0.2) is 8.42 Å². The molecule has 1 amide bonds. The highest BCUT2D eigenvalue weighted by Crippen LogP contribution is 2.24. The summed E-state index contributed by atoms with van der Waals surface area (Å²) >= 11 is 5.86.